The Morgan fingerprint density at radius 1 is 1.44 bits per heavy atom. The van der Waals surface area contributed by atoms with Crippen LogP contribution in [0.4, 0.5) is 0 Å². The zero-order valence-electron chi connectivity index (χ0n) is 6.52. The Morgan fingerprint density at radius 2 is 2.00 bits per heavy atom. The molecule has 0 aliphatic heterocycles. The Morgan fingerprint density at radius 3 is 2.33 bits per heavy atom. The van der Waals surface area contributed by atoms with E-state index in [0.29, 0.717) is 0 Å². The van der Waals surface area contributed by atoms with Crippen LogP contribution >= 0.6 is 0 Å². The molecule has 0 bridgehead atoms. The molecule has 0 fully saturated rings. The highest BCUT2D eigenvalue weighted by Gasteiger charge is 1.88. The van der Waals surface area contributed by atoms with Gasteiger partial charge in [-0.2, -0.15) is 0 Å². The van der Waals surface area contributed by atoms with Gasteiger partial charge in [-0.3, -0.25) is 4.99 Å². The average Bonchev–Trinajstić information content (AvgIpc) is 1.87. The van der Waals surface area contributed by atoms with Crippen molar-refractivity contribution >= 4 is 5.71 Å². The van der Waals surface area contributed by atoms with Crippen LogP contribution in [0.2, 0.25) is 0 Å². The monoisotopic (exact) mass is 126 g/mol. The van der Waals surface area contributed by atoms with Gasteiger partial charge >= 0.3 is 0 Å². The molecule has 0 saturated carbocycles. The third-order valence-corrected chi connectivity index (χ3v) is 1.27. The third kappa shape index (κ3) is 2.90. The minimum atomic E-state index is 1.07. The van der Waals surface area contributed by atoms with Gasteiger partial charge in [-0.15, -0.1) is 0 Å². The minimum absolute atomic E-state index is 1.07. The average molecular weight is 126 g/mol. The van der Waals surface area contributed by atoms with E-state index in [2.05, 4.69) is 10.3 Å². The second-order valence-electron chi connectivity index (χ2n) is 1.93. The highest BCUT2D eigenvalue weighted by atomic mass is 14.8. The van der Waals surface area contributed by atoms with E-state index in [4.69, 9.17) is 0 Å². The second-order valence-corrected chi connectivity index (χ2v) is 1.93. The standard InChI is InChI=1S/C7H14N2/c1-6(5-8-3)7(2)9-4/h5,8H,1-4H3/b6-5-,9-7+. The highest BCUT2D eigenvalue weighted by Crippen LogP contribution is 1.92. The van der Waals surface area contributed by atoms with Gasteiger partial charge in [0.05, 0.1) is 0 Å². The molecule has 0 aromatic carbocycles. The van der Waals surface area contributed by atoms with Crippen molar-refractivity contribution in [2.45, 2.75) is 13.8 Å². The maximum atomic E-state index is 4.02. The largest absolute Gasteiger partial charge is 0.394 e. The van der Waals surface area contributed by atoms with Gasteiger partial charge in [-0.25, -0.2) is 0 Å². The lowest BCUT2D eigenvalue weighted by Crippen LogP contribution is -2.00. The van der Waals surface area contributed by atoms with Gasteiger partial charge in [0.1, 0.15) is 0 Å². The Hall–Kier alpha value is -0.790. The summed E-state index contributed by atoms with van der Waals surface area (Å²) in [6, 6.07) is 0. The van der Waals surface area contributed by atoms with Crippen molar-refractivity contribution < 1.29 is 0 Å². The highest BCUT2D eigenvalue weighted by molar-refractivity contribution is 5.97. The molecule has 0 heterocycles. The van der Waals surface area contributed by atoms with Gasteiger partial charge in [-0.05, 0) is 19.4 Å². The van der Waals surface area contributed by atoms with Crippen molar-refractivity contribution in [3.8, 4) is 0 Å². The predicted octanol–water partition coefficient (Wildman–Crippen LogP) is 1.20. The van der Waals surface area contributed by atoms with Crippen LogP contribution in [0.15, 0.2) is 16.8 Å². The SMILES string of the molecule is C/N=C(C)/C(C)=C\NC. The number of hydrogen-bond donors (Lipinski definition) is 1. The van der Waals surface area contributed by atoms with E-state index in [9.17, 15) is 0 Å². The van der Waals surface area contributed by atoms with Crippen LogP contribution in [0.5, 0.6) is 0 Å². The molecule has 52 valence electrons. The molecule has 0 rings (SSSR count). The fraction of sp³-hybridized carbons (Fsp3) is 0.571. The van der Waals surface area contributed by atoms with E-state index < -0.39 is 0 Å². The minimum Gasteiger partial charge on any atom is -0.394 e. The van der Waals surface area contributed by atoms with E-state index in [-0.39, 0.29) is 0 Å². The number of nitrogens with one attached hydrogen (secondary N) is 1. The van der Waals surface area contributed by atoms with Crippen LogP contribution in [0, 0.1) is 0 Å². The number of nitrogens with zero attached hydrogens (tertiary/aromatic N) is 1. The van der Waals surface area contributed by atoms with Crippen molar-refractivity contribution in [1.29, 1.82) is 0 Å². The number of aliphatic imine (C=N–C) groups is 1. The van der Waals surface area contributed by atoms with E-state index >= 15 is 0 Å². The first-order chi connectivity index (χ1) is 4.22. The van der Waals surface area contributed by atoms with Crippen LogP contribution in [0.3, 0.4) is 0 Å². The summed E-state index contributed by atoms with van der Waals surface area (Å²) in [7, 11) is 3.68. The Bertz CT molecular complexity index is 134. The molecule has 0 unspecified atom stereocenters. The van der Waals surface area contributed by atoms with Crippen LogP contribution in [0.25, 0.3) is 0 Å². The van der Waals surface area contributed by atoms with E-state index in [0.717, 1.165) is 5.71 Å². The van der Waals surface area contributed by atoms with Gasteiger partial charge in [0.2, 0.25) is 0 Å². The number of allylic oxidation sites excluding steroid dienone is 1. The van der Waals surface area contributed by atoms with E-state index in [1.807, 2.05) is 27.1 Å². The summed E-state index contributed by atoms with van der Waals surface area (Å²) in [5.74, 6) is 0. The summed E-state index contributed by atoms with van der Waals surface area (Å²) in [6.07, 6.45) is 1.93. The molecule has 0 aromatic rings. The maximum absolute atomic E-state index is 4.02. The molecule has 0 amide bonds. The van der Waals surface area contributed by atoms with Crippen LogP contribution in [-0.4, -0.2) is 19.8 Å². The topological polar surface area (TPSA) is 24.4 Å². The molecule has 0 aliphatic rings. The lowest BCUT2D eigenvalue weighted by Gasteiger charge is -1.96. The lowest BCUT2D eigenvalue weighted by molar-refractivity contribution is 1.09. The van der Waals surface area contributed by atoms with Crippen LogP contribution < -0.4 is 5.32 Å². The third-order valence-electron chi connectivity index (χ3n) is 1.27. The molecule has 2 nitrogen and oxygen atoms in total. The van der Waals surface area contributed by atoms with Crippen molar-refractivity contribution in [3.63, 3.8) is 0 Å². The summed E-state index contributed by atoms with van der Waals surface area (Å²) in [6.45, 7) is 4.02. The van der Waals surface area contributed by atoms with Gasteiger partial charge in [0.15, 0.2) is 0 Å². The van der Waals surface area contributed by atoms with E-state index in [1.54, 1.807) is 7.05 Å². The van der Waals surface area contributed by atoms with Crippen molar-refractivity contribution in [1.82, 2.24) is 5.32 Å². The van der Waals surface area contributed by atoms with Gasteiger partial charge in [0.25, 0.3) is 0 Å². The lowest BCUT2D eigenvalue weighted by atomic mass is 10.2. The first-order valence-electron chi connectivity index (χ1n) is 3.00. The predicted molar refractivity (Wildman–Crippen MR) is 41.8 cm³/mol. The zero-order valence-corrected chi connectivity index (χ0v) is 6.52. The van der Waals surface area contributed by atoms with Crippen molar-refractivity contribution in [2.24, 2.45) is 4.99 Å². The molecule has 1 N–H and O–H groups in total. The van der Waals surface area contributed by atoms with Crippen molar-refractivity contribution in [2.75, 3.05) is 14.1 Å². The van der Waals surface area contributed by atoms with Crippen LogP contribution in [0.1, 0.15) is 13.8 Å². The fourth-order valence-electron chi connectivity index (χ4n) is 0.497. The Labute approximate surface area is 56.7 Å². The van der Waals surface area contributed by atoms with Crippen molar-refractivity contribution in [3.05, 3.63) is 11.8 Å². The fourth-order valence-corrected chi connectivity index (χ4v) is 0.497. The summed E-state index contributed by atoms with van der Waals surface area (Å²) < 4.78 is 0. The normalized spacial score (nSPS) is 13.8. The maximum Gasteiger partial charge on any atom is 0.0357 e. The molecule has 2 heteroatoms. The molecule has 0 spiro atoms. The number of rotatable bonds is 2. The molecule has 0 radical (unpaired) electrons. The van der Waals surface area contributed by atoms with Gasteiger partial charge < -0.3 is 5.32 Å². The second kappa shape index (κ2) is 4.13. The van der Waals surface area contributed by atoms with Gasteiger partial charge in [0, 0.05) is 26.0 Å². The molecule has 9 heavy (non-hydrogen) atoms. The Balaban J connectivity index is 4.03. The smallest absolute Gasteiger partial charge is 0.0357 e. The van der Waals surface area contributed by atoms with Gasteiger partial charge in [-0.1, -0.05) is 0 Å². The quantitative estimate of drug-likeness (QED) is 0.552. The molecular weight excluding hydrogens is 112 g/mol. The Kier molecular flexibility index (Phi) is 3.76. The summed E-state index contributed by atoms with van der Waals surface area (Å²) in [4.78, 5) is 4.02. The summed E-state index contributed by atoms with van der Waals surface area (Å²) in [5, 5.41) is 2.94. The molecule has 0 atom stereocenters. The summed E-state index contributed by atoms with van der Waals surface area (Å²) >= 11 is 0. The zero-order chi connectivity index (χ0) is 7.28. The molecular formula is C7H14N2. The van der Waals surface area contributed by atoms with Crippen LogP contribution in [-0.2, 0) is 0 Å². The first kappa shape index (κ1) is 8.21. The molecule has 0 aromatic heterocycles. The molecule has 0 aliphatic carbocycles. The summed E-state index contributed by atoms with van der Waals surface area (Å²) in [5.41, 5.74) is 2.25. The van der Waals surface area contributed by atoms with E-state index in [1.165, 1.54) is 5.57 Å². The first-order valence-corrected chi connectivity index (χ1v) is 3.00. The molecule has 0 saturated heterocycles. The number of hydrogen-bond acceptors (Lipinski definition) is 2.